The predicted octanol–water partition coefficient (Wildman–Crippen LogP) is 4.42. The number of nitrogens with zero attached hydrogens (tertiary/aromatic N) is 2. The molecule has 30 heavy (non-hydrogen) atoms. The van der Waals surface area contributed by atoms with E-state index in [4.69, 9.17) is 0 Å². The maximum Gasteiger partial charge on any atom is 0.270 e. The van der Waals surface area contributed by atoms with Gasteiger partial charge in [-0.1, -0.05) is 36.4 Å². The molecule has 2 unspecified atom stereocenters. The fraction of sp³-hybridized carbons (Fsp3) is 0.261. The second-order valence-electron chi connectivity index (χ2n) is 7.48. The zero-order valence-electron chi connectivity index (χ0n) is 16.7. The Hall–Kier alpha value is -3.03. The zero-order chi connectivity index (χ0) is 21.1. The van der Waals surface area contributed by atoms with Crippen molar-refractivity contribution in [2.45, 2.75) is 25.4 Å². The molecule has 1 amide bonds. The molecule has 0 fully saturated rings. The van der Waals surface area contributed by atoms with Gasteiger partial charge in [0.15, 0.2) is 0 Å². The molecule has 3 aromatic rings. The number of hydrogen-bond acceptors (Lipinski definition) is 5. The minimum absolute atomic E-state index is 0.0818. The fourth-order valence-electron chi connectivity index (χ4n) is 4.09. The Labute approximate surface area is 179 Å². The van der Waals surface area contributed by atoms with Crippen LogP contribution in [0.15, 0.2) is 66.0 Å². The number of rotatable bonds is 6. The van der Waals surface area contributed by atoms with Crippen LogP contribution in [0.4, 0.5) is 5.69 Å². The summed E-state index contributed by atoms with van der Waals surface area (Å²) >= 11 is 1.78. The summed E-state index contributed by atoms with van der Waals surface area (Å²) in [6.45, 7) is 3.38. The van der Waals surface area contributed by atoms with E-state index in [-0.39, 0.29) is 17.6 Å². The minimum atomic E-state index is -0.491. The number of amides is 1. The average molecular weight is 422 g/mol. The van der Waals surface area contributed by atoms with Crippen molar-refractivity contribution in [2.75, 3.05) is 13.1 Å². The number of nitro groups is 1. The first-order chi connectivity index (χ1) is 14.5. The van der Waals surface area contributed by atoms with Crippen LogP contribution in [0.1, 0.15) is 39.3 Å². The molecular formula is C23H23N3O3S. The van der Waals surface area contributed by atoms with Gasteiger partial charge >= 0.3 is 0 Å². The number of thiophene rings is 1. The number of carbonyl (C=O) groups excluding carboxylic acids is 1. The molecule has 1 N–H and O–H groups in total. The van der Waals surface area contributed by atoms with Crippen LogP contribution in [0.2, 0.25) is 0 Å². The summed E-state index contributed by atoms with van der Waals surface area (Å²) < 4.78 is 0. The smallest absolute Gasteiger partial charge is 0.270 e. The molecule has 154 valence electrons. The molecule has 2 atom stereocenters. The van der Waals surface area contributed by atoms with Gasteiger partial charge < -0.3 is 5.32 Å². The van der Waals surface area contributed by atoms with Gasteiger partial charge in [0.05, 0.1) is 11.0 Å². The Morgan fingerprint density at radius 3 is 2.77 bits per heavy atom. The minimum Gasteiger partial charge on any atom is -0.351 e. The van der Waals surface area contributed by atoms with Crippen molar-refractivity contribution >= 4 is 22.9 Å². The normalized spacial score (nSPS) is 18.6. The third kappa shape index (κ3) is 4.13. The second-order valence-corrected chi connectivity index (χ2v) is 8.43. The summed E-state index contributed by atoms with van der Waals surface area (Å²) in [5, 5.41) is 16.0. The highest BCUT2D eigenvalue weighted by atomic mass is 32.1. The van der Waals surface area contributed by atoms with Crippen LogP contribution in [-0.4, -0.2) is 34.9 Å². The van der Waals surface area contributed by atoms with E-state index >= 15 is 0 Å². The number of nitro benzene ring substituents is 1. The number of non-ortho nitro benzene ring substituents is 1. The molecule has 0 spiro atoms. The van der Waals surface area contributed by atoms with E-state index < -0.39 is 4.92 Å². The Morgan fingerprint density at radius 2 is 2.00 bits per heavy atom. The van der Waals surface area contributed by atoms with Crippen LogP contribution in [0, 0.1) is 10.1 Å². The summed E-state index contributed by atoms with van der Waals surface area (Å²) in [6, 6.07) is 19.0. The van der Waals surface area contributed by atoms with E-state index in [0.29, 0.717) is 24.7 Å². The largest absolute Gasteiger partial charge is 0.351 e. The first-order valence-electron chi connectivity index (χ1n) is 9.94. The molecule has 0 radical (unpaired) electrons. The van der Waals surface area contributed by atoms with E-state index in [2.05, 4.69) is 52.9 Å². The van der Waals surface area contributed by atoms with E-state index in [1.165, 1.54) is 34.2 Å². The lowest BCUT2D eigenvalue weighted by Gasteiger charge is -2.41. The van der Waals surface area contributed by atoms with Crippen molar-refractivity contribution in [3.8, 4) is 0 Å². The Morgan fingerprint density at radius 1 is 1.20 bits per heavy atom. The monoisotopic (exact) mass is 421 g/mol. The number of carbonyl (C=O) groups is 1. The number of hydrogen-bond donors (Lipinski definition) is 1. The van der Waals surface area contributed by atoms with E-state index in [0.717, 1.165) is 6.42 Å². The molecule has 1 aromatic heterocycles. The zero-order valence-corrected chi connectivity index (χ0v) is 17.5. The Balaban J connectivity index is 1.48. The summed E-state index contributed by atoms with van der Waals surface area (Å²) in [5.74, 6) is -0.295. The van der Waals surface area contributed by atoms with Crippen LogP contribution in [0.3, 0.4) is 0 Å². The van der Waals surface area contributed by atoms with Gasteiger partial charge in [-0.15, -0.1) is 11.3 Å². The van der Waals surface area contributed by atoms with Crippen molar-refractivity contribution in [1.82, 2.24) is 10.2 Å². The van der Waals surface area contributed by atoms with Crippen molar-refractivity contribution < 1.29 is 9.72 Å². The quantitative estimate of drug-likeness (QED) is 0.472. The molecule has 6 nitrogen and oxygen atoms in total. The van der Waals surface area contributed by atoms with Crippen molar-refractivity contribution in [2.24, 2.45) is 0 Å². The van der Waals surface area contributed by atoms with Gasteiger partial charge in [-0.25, -0.2) is 0 Å². The molecule has 0 saturated heterocycles. The molecule has 1 aliphatic rings. The van der Waals surface area contributed by atoms with Gasteiger partial charge in [0.1, 0.15) is 0 Å². The van der Waals surface area contributed by atoms with Crippen LogP contribution < -0.4 is 5.32 Å². The number of fused-ring (bicyclic) bond motifs is 1. The lowest BCUT2D eigenvalue weighted by molar-refractivity contribution is -0.384. The van der Waals surface area contributed by atoms with Crippen molar-refractivity contribution in [1.29, 1.82) is 0 Å². The highest BCUT2D eigenvalue weighted by molar-refractivity contribution is 7.10. The first-order valence-corrected chi connectivity index (χ1v) is 10.8. The predicted molar refractivity (Wildman–Crippen MR) is 118 cm³/mol. The second kappa shape index (κ2) is 8.77. The SMILES string of the molecule is CC1Cc2ccsc2C(c2ccccc2)N1CCNC(=O)c1cccc([N+](=O)[O-])c1. The Kier molecular flexibility index (Phi) is 5.92. The van der Waals surface area contributed by atoms with Gasteiger partial charge in [0, 0.05) is 41.7 Å². The first kappa shape index (κ1) is 20.3. The molecule has 4 rings (SSSR count). The van der Waals surface area contributed by atoms with Crippen LogP contribution in [0.5, 0.6) is 0 Å². The molecule has 0 saturated carbocycles. The van der Waals surface area contributed by atoms with Crippen LogP contribution >= 0.6 is 11.3 Å². The summed E-state index contributed by atoms with van der Waals surface area (Å²) in [6.07, 6.45) is 0.987. The van der Waals surface area contributed by atoms with Crippen molar-refractivity contribution in [3.63, 3.8) is 0 Å². The average Bonchev–Trinajstić information content (AvgIpc) is 3.22. The maximum absolute atomic E-state index is 12.5. The standard InChI is InChI=1S/C23H23N3O3S/c1-16-14-18-10-13-30-22(18)21(17-6-3-2-4-7-17)25(16)12-11-24-23(27)19-8-5-9-20(15-19)26(28)29/h2-10,13,15-16,21H,11-12,14H2,1H3,(H,24,27). The van der Waals surface area contributed by atoms with E-state index in [1.807, 2.05) is 6.07 Å². The molecule has 0 aliphatic carbocycles. The van der Waals surface area contributed by atoms with Gasteiger partial charge in [0.2, 0.25) is 0 Å². The summed E-state index contributed by atoms with van der Waals surface area (Å²) in [4.78, 5) is 26.8. The maximum atomic E-state index is 12.5. The van der Waals surface area contributed by atoms with Gasteiger partial charge in [-0.3, -0.25) is 19.8 Å². The van der Waals surface area contributed by atoms with Crippen molar-refractivity contribution in [3.05, 3.63) is 97.7 Å². The Bertz CT molecular complexity index is 1050. The van der Waals surface area contributed by atoms with E-state index in [9.17, 15) is 14.9 Å². The van der Waals surface area contributed by atoms with Gasteiger partial charge in [0.25, 0.3) is 11.6 Å². The molecule has 0 bridgehead atoms. The molecule has 2 aromatic carbocycles. The molecule has 2 heterocycles. The molecule has 7 heteroatoms. The summed E-state index contributed by atoms with van der Waals surface area (Å²) in [7, 11) is 0. The van der Waals surface area contributed by atoms with Crippen LogP contribution in [-0.2, 0) is 6.42 Å². The van der Waals surface area contributed by atoms with Gasteiger partial charge in [-0.2, -0.15) is 0 Å². The molecular weight excluding hydrogens is 398 g/mol. The summed E-state index contributed by atoms with van der Waals surface area (Å²) in [5.41, 5.74) is 2.87. The highest BCUT2D eigenvalue weighted by Crippen LogP contribution is 2.40. The number of nitrogens with one attached hydrogen (secondary N) is 1. The lowest BCUT2D eigenvalue weighted by atomic mass is 9.91. The fourth-order valence-corrected chi connectivity index (χ4v) is 5.17. The van der Waals surface area contributed by atoms with Gasteiger partial charge in [-0.05, 0) is 42.0 Å². The van der Waals surface area contributed by atoms with E-state index in [1.54, 1.807) is 17.4 Å². The lowest BCUT2D eigenvalue weighted by Crippen LogP contribution is -2.45. The third-order valence-corrected chi connectivity index (χ3v) is 6.54. The third-order valence-electron chi connectivity index (χ3n) is 5.53. The molecule has 1 aliphatic heterocycles. The highest BCUT2D eigenvalue weighted by Gasteiger charge is 2.33. The number of benzene rings is 2. The topological polar surface area (TPSA) is 75.5 Å². The van der Waals surface area contributed by atoms with Crippen LogP contribution in [0.25, 0.3) is 0 Å².